The minimum absolute atomic E-state index is 0.0769. The lowest BCUT2D eigenvalue weighted by atomic mass is 9.95. The average Bonchev–Trinajstić information content (AvgIpc) is 3.19. The van der Waals surface area contributed by atoms with Gasteiger partial charge in [-0.1, -0.05) is 66.9 Å². The van der Waals surface area contributed by atoms with Crippen molar-refractivity contribution >= 4 is 5.91 Å². The minimum Gasteiger partial charge on any atom is -0.349 e. The molecule has 5 heteroatoms. The van der Waals surface area contributed by atoms with Gasteiger partial charge in [-0.15, -0.1) is 0 Å². The Balaban J connectivity index is 1.60. The molecule has 0 radical (unpaired) electrons. The standard InChI is InChI=1S/C21H21N3O2/c25-20(22-16-11-5-2-6-12-16)17-13-7-8-14-18(17)21-23-19(24-26-21)15-9-3-1-4-10-15/h1,3-4,7-10,13-14,16H,2,5-6,11-12H2,(H,22,25). The van der Waals surface area contributed by atoms with E-state index in [1.54, 1.807) is 6.07 Å². The molecule has 1 aliphatic rings. The second kappa shape index (κ2) is 7.52. The van der Waals surface area contributed by atoms with E-state index in [9.17, 15) is 4.79 Å². The molecule has 0 atom stereocenters. The second-order valence-corrected chi connectivity index (χ2v) is 6.64. The Morgan fingerprint density at radius 3 is 2.50 bits per heavy atom. The maximum atomic E-state index is 12.8. The van der Waals surface area contributed by atoms with Crippen molar-refractivity contribution in [3.05, 3.63) is 60.2 Å². The molecule has 132 valence electrons. The highest BCUT2D eigenvalue weighted by Crippen LogP contribution is 2.26. The van der Waals surface area contributed by atoms with Crippen LogP contribution >= 0.6 is 0 Å². The number of carbonyl (C=O) groups is 1. The molecule has 0 aliphatic heterocycles. The molecule has 0 spiro atoms. The van der Waals surface area contributed by atoms with Gasteiger partial charge >= 0.3 is 0 Å². The van der Waals surface area contributed by atoms with Gasteiger partial charge in [0.1, 0.15) is 0 Å². The highest BCUT2D eigenvalue weighted by atomic mass is 16.5. The van der Waals surface area contributed by atoms with Gasteiger partial charge in [0.15, 0.2) is 0 Å². The number of nitrogens with one attached hydrogen (secondary N) is 1. The van der Waals surface area contributed by atoms with E-state index in [4.69, 9.17) is 4.52 Å². The summed E-state index contributed by atoms with van der Waals surface area (Å²) in [7, 11) is 0. The number of carbonyl (C=O) groups excluding carboxylic acids is 1. The molecule has 0 saturated heterocycles. The Morgan fingerprint density at radius 2 is 1.69 bits per heavy atom. The lowest BCUT2D eigenvalue weighted by Crippen LogP contribution is -2.36. The number of amides is 1. The summed E-state index contributed by atoms with van der Waals surface area (Å²) in [6, 6.07) is 17.3. The fraction of sp³-hybridized carbons (Fsp3) is 0.286. The third-order valence-corrected chi connectivity index (χ3v) is 4.80. The fourth-order valence-electron chi connectivity index (χ4n) is 3.42. The van der Waals surface area contributed by atoms with E-state index >= 15 is 0 Å². The lowest BCUT2D eigenvalue weighted by molar-refractivity contribution is 0.0928. The average molecular weight is 347 g/mol. The van der Waals surface area contributed by atoms with Crippen molar-refractivity contribution in [3.63, 3.8) is 0 Å². The van der Waals surface area contributed by atoms with Crippen molar-refractivity contribution in [3.8, 4) is 22.8 Å². The van der Waals surface area contributed by atoms with Crippen LogP contribution in [0, 0.1) is 0 Å². The third-order valence-electron chi connectivity index (χ3n) is 4.80. The van der Waals surface area contributed by atoms with Crippen LogP contribution in [-0.4, -0.2) is 22.1 Å². The van der Waals surface area contributed by atoms with Crippen LogP contribution in [-0.2, 0) is 0 Å². The van der Waals surface area contributed by atoms with Gasteiger partial charge in [-0.05, 0) is 25.0 Å². The topological polar surface area (TPSA) is 68.0 Å². The molecular weight excluding hydrogens is 326 g/mol. The van der Waals surface area contributed by atoms with E-state index in [-0.39, 0.29) is 11.9 Å². The van der Waals surface area contributed by atoms with Crippen molar-refractivity contribution in [1.82, 2.24) is 15.5 Å². The van der Waals surface area contributed by atoms with Crippen LogP contribution in [0.25, 0.3) is 22.8 Å². The maximum Gasteiger partial charge on any atom is 0.259 e. The molecule has 4 rings (SSSR count). The van der Waals surface area contributed by atoms with Crippen molar-refractivity contribution in [2.24, 2.45) is 0 Å². The summed E-state index contributed by atoms with van der Waals surface area (Å²) in [6.45, 7) is 0. The first-order valence-corrected chi connectivity index (χ1v) is 9.10. The van der Waals surface area contributed by atoms with Crippen LogP contribution in [0.15, 0.2) is 59.1 Å². The van der Waals surface area contributed by atoms with Gasteiger partial charge in [-0.25, -0.2) is 0 Å². The summed E-state index contributed by atoms with van der Waals surface area (Å²) in [5, 5.41) is 7.22. The van der Waals surface area contributed by atoms with Crippen LogP contribution in [0.2, 0.25) is 0 Å². The third kappa shape index (κ3) is 3.52. The SMILES string of the molecule is O=C(NC1CCCCC1)c1ccccc1-c1nc(-c2ccccc2)no1. The van der Waals surface area contributed by atoms with Gasteiger partial charge in [0.2, 0.25) is 5.82 Å². The molecule has 2 aromatic carbocycles. The quantitative estimate of drug-likeness (QED) is 0.756. The number of nitrogens with zero attached hydrogens (tertiary/aromatic N) is 2. The molecule has 0 bridgehead atoms. The smallest absolute Gasteiger partial charge is 0.259 e. The predicted molar refractivity (Wildman–Crippen MR) is 99.5 cm³/mol. The fourth-order valence-corrected chi connectivity index (χ4v) is 3.42. The monoisotopic (exact) mass is 347 g/mol. The van der Waals surface area contributed by atoms with E-state index in [1.165, 1.54) is 19.3 Å². The number of aromatic nitrogens is 2. The van der Waals surface area contributed by atoms with Crippen molar-refractivity contribution < 1.29 is 9.32 Å². The number of hydrogen-bond acceptors (Lipinski definition) is 4. The zero-order chi connectivity index (χ0) is 17.8. The Hall–Kier alpha value is -2.95. The van der Waals surface area contributed by atoms with Gasteiger partial charge in [-0.2, -0.15) is 4.98 Å². The van der Waals surface area contributed by atoms with Gasteiger partial charge in [0, 0.05) is 11.6 Å². The molecule has 1 N–H and O–H groups in total. The van der Waals surface area contributed by atoms with Crippen LogP contribution < -0.4 is 5.32 Å². The molecule has 5 nitrogen and oxygen atoms in total. The van der Waals surface area contributed by atoms with Crippen molar-refractivity contribution in [1.29, 1.82) is 0 Å². The van der Waals surface area contributed by atoms with Gasteiger partial charge < -0.3 is 9.84 Å². The first-order valence-electron chi connectivity index (χ1n) is 9.10. The van der Waals surface area contributed by atoms with Crippen LogP contribution in [0.4, 0.5) is 0 Å². The van der Waals surface area contributed by atoms with Gasteiger partial charge in [0.05, 0.1) is 11.1 Å². The van der Waals surface area contributed by atoms with Crippen LogP contribution in [0.3, 0.4) is 0 Å². The molecule has 1 fully saturated rings. The summed E-state index contributed by atoms with van der Waals surface area (Å²) < 4.78 is 5.44. The molecule has 1 aliphatic carbocycles. The molecular formula is C21H21N3O2. The second-order valence-electron chi connectivity index (χ2n) is 6.64. The maximum absolute atomic E-state index is 12.8. The Labute approximate surface area is 152 Å². The normalized spacial score (nSPS) is 14.9. The number of rotatable bonds is 4. The highest BCUT2D eigenvalue weighted by Gasteiger charge is 2.21. The zero-order valence-corrected chi connectivity index (χ0v) is 14.5. The molecule has 1 saturated carbocycles. The summed E-state index contributed by atoms with van der Waals surface area (Å²) in [4.78, 5) is 17.3. The lowest BCUT2D eigenvalue weighted by Gasteiger charge is -2.23. The molecule has 1 aromatic heterocycles. The largest absolute Gasteiger partial charge is 0.349 e. The summed E-state index contributed by atoms with van der Waals surface area (Å²) >= 11 is 0. The predicted octanol–water partition coefficient (Wildman–Crippen LogP) is 4.47. The summed E-state index contributed by atoms with van der Waals surface area (Å²) in [5.74, 6) is 0.799. The van der Waals surface area contributed by atoms with E-state index in [0.29, 0.717) is 22.8 Å². The molecule has 0 unspecified atom stereocenters. The van der Waals surface area contributed by atoms with E-state index in [1.807, 2.05) is 48.5 Å². The Morgan fingerprint density at radius 1 is 0.962 bits per heavy atom. The highest BCUT2D eigenvalue weighted by molar-refractivity contribution is 6.00. The Bertz CT molecular complexity index is 883. The summed E-state index contributed by atoms with van der Waals surface area (Å²) in [5.41, 5.74) is 2.11. The molecule has 1 heterocycles. The molecule has 1 amide bonds. The van der Waals surface area contributed by atoms with Crippen LogP contribution in [0.1, 0.15) is 42.5 Å². The van der Waals surface area contributed by atoms with E-state index < -0.39 is 0 Å². The Kier molecular flexibility index (Phi) is 4.78. The number of hydrogen-bond donors (Lipinski definition) is 1. The van der Waals surface area contributed by atoms with Crippen molar-refractivity contribution in [2.75, 3.05) is 0 Å². The van der Waals surface area contributed by atoms with Crippen LogP contribution in [0.5, 0.6) is 0 Å². The zero-order valence-electron chi connectivity index (χ0n) is 14.5. The van der Waals surface area contributed by atoms with E-state index in [2.05, 4.69) is 15.5 Å². The van der Waals surface area contributed by atoms with E-state index in [0.717, 1.165) is 18.4 Å². The minimum atomic E-state index is -0.0769. The summed E-state index contributed by atoms with van der Waals surface area (Å²) in [6.07, 6.45) is 5.71. The molecule has 26 heavy (non-hydrogen) atoms. The molecule has 3 aromatic rings. The van der Waals surface area contributed by atoms with Gasteiger partial charge in [0.25, 0.3) is 11.8 Å². The van der Waals surface area contributed by atoms with Crippen molar-refractivity contribution in [2.45, 2.75) is 38.1 Å². The number of benzene rings is 2. The first-order chi connectivity index (χ1) is 12.8. The van der Waals surface area contributed by atoms with Gasteiger partial charge in [-0.3, -0.25) is 4.79 Å². The first kappa shape index (κ1) is 16.5.